The molecule has 8 heteroatoms. The van der Waals surface area contributed by atoms with Gasteiger partial charge >= 0.3 is 5.97 Å². The van der Waals surface area contributed by atoms with E-state index < -0.39 is 35.2 Å². The summed E-state index contributed by atoms with van der Waals surface area (Å²) in [6, 6.07) is 9.26. The second kappa shape index (κ2) is 11.0. The highest BCUT2D eigenvalue weighted by Gasteiger charge is 2.30. The summed E-state index contributed by atoms with van der Waals surface area (Å²) < 4.78 is 36.1. The molecule has 0 aliphatic carbocycles. The molecule has 30 heavy (non-hydrogen) atoms. The third-order valence-corrected chi connectivity index (χ3v) is 7.94. The first-order chi connectivity index (χ1) is 13.7. The van der Waals surface area contributed by atoms with Crippen LogP contribution in [0.15, 0.2) is 41.7 Å². The average molecular weight is 455 g/mol. The van der Waals surface area contributed by atoms with E-state index in [1.165, 1.54) is 13.8 Å². The van der Waals surface area contributed by atoms with Crippen molar-refractivity contribution in [1.82, 2.24) is 0 Å². The van der Waals surface area contributed by atoms with E-state index in [1.807, 2.05) is 0 Å². The van der Waals surface area contributed by atoms with E-state index in [-0.39, 0.29) is 18.0 Å². The largest absolute Gasteiger partial charge is 0.426 e. The topological polar surface area (TPSA) is 86.7 Å². The molecule has 0 saturated heterocycles. The van der Waals surface area contributed by atoms with Crippen molar-refractivity contribution in [3.63, 3.8) is 0 Å². The summed E-state index contributed by atoms with van der Waals surface area (Å²) in [5.74, 6) is -0.720. The minimum absolute atomic E-state index is 0.0191. The zero-order chi connectivity index (χ0) is 23.1. The normalized spacial score (nSPS) is 15.2. The fraction of sp³-hybridized carbons (Fsp3) is 0.545. The van der Waals surface area contributed by atoms with Crippen LogP contribution in [-0.4, -0.2) is 52.5 Å². The van der Waals surface area contributed by atoms with Gasteiger partial charge in [-0.25, -0.2) is 13.2 Å². The van der Waals surface area contributed by atoms with E-state index in [0.717, 1.165) is 12.3 Å². The molecule has 0 spiro atoms. The number of carbonyl (C=O) groups excluding carboxylic acids is 2. The number of sulfone groups is 1. The molecular formula is C22H34O6SSi. The molecule has 0 aromatic heterocycles. The molecule has 0 heterocycles. The Labute approximate surface area is 181 Å². The van der Waals surface area contributed by atoms with E-state index in [1.54, 1.807) is 37.3 Å². The molecule has 0 fully saturated rings. The monoisotopic (exact) mass is 454 g/mol. The summed E-state index contributed by atoms with van der Waals surface area (Å²) in [5, 5.41) is -1.06. The van der Waals surface area contributed by atoms with Crippen LogP contribution in [0.3, 0.4) is 0 Å². The molecule has 0 aliphatic rings. The van der Waals surface area contributed by atoms with Gasteiger partial charge in [0.2, 0.25) is 0 Å². The third kappa shape index (κ3) is 8.93. The van der Waals surface area contributed by atoms with Gasteiger partial charge in [-0.05, 0) is 44.5 Å². The maximum atomic E-state index is 12.6. The number of hydrogen-bond donors (Lipinski definition) is 0. The summed E-state index contributed by atoms with van der Waals surface area (Å²) in [6.07, 6.45) is 0.523. The van der Waals surface area contributed by atoms with Gasteiger partial charge in [0.25, 0.3) is 0 Å². The van der Waals surface area contributed by atoms with Gasteiger partial charge in [0.1, 0.15) is 16.8 Å². The minimum Gasteiger partial charge on any atom is -0.426 e. The minimum atomic E-state index is -3.55. The van der Waals surface area contributed by atoms with Gasteiger partial charge in [-0.2, -0.15) is 0 Å². The van der Waals surface area contributed by atoms with Gasteiger partial charge in [-0.15, -0.1) is 0 Å². The Hall–Kier alpha value is -1.77. The number of carbonyl (C=O) groups is 2. The molecule has 0 radical (unpaired) electrons. The van der Waals surface area contributed by atoms with Crippen molar-refractivity contribution in [3.8, 4) is 0 Å². The van der Waals surface area contributed by atoms with Gasteiger partial charge in [0, 0.05) is 27.4 Å². The van der Waals surface area contributed by atoms with Crippen molar-refractivity contribution >= 4 is 29.7 Å². The summed E-state index contributed by atoms with van der Waals surface area (Å²) in [6.45, 7) is 11.7. The van der Waals surface area contributed by atoms with E-state index in [4.69, 9.17) is 9.47 Å². The Balaban J connectivity index is 3.31. The van der Waals surface area contributed by atoms with Crippen molar-refractivity contribution < 1.29 is 27.5 Å². The van der Waals surface area contributed by atoms with E-state index in [0.29, 0.717) is 17.7 Å². The number of benzene rings is 1. The highest BCUT2D eigenvalue weighted by atomic mass is 32.2. The van der Waals surface area contributed by atoms with Crippen molar-refractivity contribution in [1.29, 1.82) is 0 Å². The van der Waals surface area contributed by atoms with Crippen LogP contribution < -0.4 is 0 Å². The molecule has 0 saturated carbocycles. The van der Waals surface area contributed by atoms with Crippen LogP contribution in [-0.2, 0) is 24.1 Å². The number of hydrogen-bond acceptors (Lipinski definition) is 6. The SMILES string of the molecule is CC(=O)C[C@@H](OCC[Si](C)(C)C)/C(C)=C(/OC(=O)c1ccccc1)[C@H](C)S(C)(=O)=O. The first kappa shape index (κ1) is 26.3. The second-order valence-electron chi connectivity index (χ2n) is 8.85. The maximum absolute atomic E-state index is 12.6. The predicted molar refractivity (Wildman–Crippen MR) is 122 cm³/mol. The van der Waals surface area contributed by atoms with Crippen molar-refractivity contribution in [2.45, 2.75) is 64.2 Å². The molecular weight excluding hydrogens is 420 g/mol. The molecule has 2 atom stereocenters. The van der Waals surface area contributed by atoms with Crippen LogP contribution in [0.4, 0.5) is 0 Å². The molecule has 6 nitrogen and oxygen atoms in total. The van der Waals surface area contributed by atoms with Crippen molar-refractivity contribution in [3.05, 3.63) is 47.2 Å². The fourth-order valence-electron chi connectivity index (χ4n) is 2.68. The molecule has 0 N–H and O–H groups in total. The van der Waals surface area contributed by atoms with Crippen molar-refractivity contribution in [2.24, 2.45) is 0 Å². The van der Waals surface area contributed by atoms with Crippen molar-refractivity contribution in [2.75, 3.05) is 12.9 Å². The maximum Gasteiger partial charge on any atom is 0.343 e. The molecule has 1 rings (SSSR count). The Morgan fingerprint density at radius 2 is 1.63 bits per heavy atom. The van der Waals surface area contributed by atoms with Crippen LogP contribution in [0.2, 0.25) is 25.7 Å². The molecule has 168 valence electrons. The number of esters is 1. The first-order valence-electron chi connectivity index (χ1n) is 10.00. The summed E-state index contributed by atoms with van der Waals surface area (Å²) >= 11 is 0. The van der Waals surface area contributed by atoms with E-state index in [9.17, 15) is 18.0 Å². The van der Waals surface area contributed by atoms with Gasteiger partial charge in [-0.3, -0.25) is 4.79 Å². The average Bonchev–Trinajstić information content (AvgIpc) is 2.62. The zero-order valence-corrected chi connectivity index (χ0v) is 20.8. The number of rotatable bonds is 11. The molecule has 0 aliphatic heterocycles. The lowest BCUT2D eigenvalue weighted by Gasteiger charge is -2.25. The highest BCUT2D eigenvalue weighted by Crippen LogP contribution is 2.25. The van der Waals surface area contributed by atoms with Gasteiger partial charge in [0.15, 0.2) is 9.84 Å². The van der Waals surface area contributed by atoms with Crippen LogP contribution in [0.5, 0.6) is 0 Å². The van der Waals surface area contributed by atoms with Crippen LogP contribution in [0.1, 0.15) is 37.6 Å². The molecule has 0 bridgehead atoms. The van der Waals surface area contributed by atoms with E-state index >= 15 is 0 Å². The quantitative estimate of drug-likeness (QED) is 0.282. The van der Waals surface area contributed by atoms with E-state index in [2.05, 4.69) is 19.6 Å². The fourth-order valence-corrected chi connectivity index (χ4v) is 4.03. The zero-order valence-electron chi connectivity index (χ0n) is 19.0. The Morgan fingerprint density at radius 3 is 2.10 bits per heavy atom. The summed E-state index contributed by atoms with van der Waals surface area (Å²) in [7, 11) is -4.90. The summed E-state index contributed by atoms with van der Waals surface area (Å²) in [5.41, 5.74) is 0.759. The third-order valence-electron chi connectivity index (χ3n) is 4.74. The van der Waals surface area contributed by atoms with Crippen LogP contribution >= 0.6 is 0 Å². The number of ether oxygens (including phenoxy) is 2. The standard InChI is InChI=1S/C22H34O6SSi/c1-16(23)15-20(27-13-14-30(5,6)7)17(2)21(18(3)29(4,25)26)28-22(24)19-11-9-8-10-12-19/h8-12,18,20H,13-15H2,1-7H3/b21-17+/t18-,20+/m0/s1. The first-order valence-corrected chi connectivity index (χ1v) is 15.7. The second-order valence-corrected chi connectivity index (χ2v) is 16.8. The van der Waals surface area contributed by atoms with Gasteiger partial charge in [0.05, 0.1) is 11.7 Å². The lowest BCUT2D eigenvalue weighted by Crippen LogP contribution is -2.29. The molecule has 1 aromatic rings. The Morgan fingerprint density at radius 1 is 1.07 bits per heavy atom. The van der Waals surface area contributed by atoms with Crippen LogP contribution in [0.25, 0.3) is 0 Å². The Kier molecular flexibility index (Phi) is 9.65. The molecule has 0 unspecified atom stereocenters. The predicted octanol–water partition coefficient (Wildman–Crippen LogP) is 4.25. The van der Waals surface area contributed by atoms with Gasteiger partial charge < -0.3 is 9.47 Å². The highest BCUT2D eigenvalue weighted by molar-refractivity contribution is 7.91. The molecule has 0 amide bonds. The molecule has 1 aromatic carbocycles. The lowest BCUT2D eigenvalue weighted by atomic mass is 10.0. The number of Topliss-reactive ketones (excluding diaryl/α,β-unsaturated/α-hetero) is 1. The Bertz CT molecular complexity index is 869. The lowest BCUT2D eigenvalue weighted by molar-refractivity contribution is -0.119. The number of ketones is 1. The van der Waals surface area contributed by atoms with Gasteiger partial charge in [-0.1, -0.05) is 37.8 Å². The summed E-state index contributed by atoms with van der Waals surface area (Å²) in [4.78, 5) is 24.5. The van der Waals surface area contributed by atoms with Crippen LogP contribution in [0, 0.1) is 0 Å². The smallest absolute Gasteiger partial charge is 0.343 e.